The van der Waals surface area contributed by atoms with Gasteiger partial charge < -0.3 is 5.11 Å². The molecule has 98 valence electrons. The van der Waals surface area contributed by atoms with Gasteiger partial charge >= 0.3 is 0 Å². The number of hydrogen-bond donors (Lipinski definition) is 1. The summed E-state index contributed by atoms with van der Waals surface area (Å²) < 4.78 is 0. The molecule has 18 heavy (non-hydrogen) atoms. The molecule has 0 aromatic rings. The highest BCUT2D eigenvalue weighted by atomic mass is 16.3. The molecule has 3 atom stereocenters. The number of hydrogen-bond acceptors (Lipinski definition) is 3. The maximum Gasteiger partial charge on any atom is 0.258 e. The van der Waals surface area contributed by atoms with Gasteiger partial charge in [-0.2, -0.15) is 0 Å². The van der Waals surface area contributed by atoms with Crippen LogP contribution in [0.4, 0.5) is 0 Å². The Morgan fingerprint density at radius 1 is 1.50 bits per heavy atom. The summed E-state index contributed by atoms with van der Waals surface area (Å²) in [5.74, 6) is -0.128. The predicted molar refractivity (Wildman–Crippen MR) is 67.5 cm³/mol. The maximum atomic E-state index is 11.6. The highest BCUT2D eigenvalue weighted by molar-refractivity contribution is 6.04. The van der Waals surface area contributed by atoms with Crippen molar-refractivity contribution in [3.63, 3.8) is 0 Å². The molecule has 1 heterocycles. The first kappa shape index (κ1) is 13.0. The molecule has 0 spiro atoms. The number of aliphatic hydroxyl groups excluding tert-OH is 1. The van der Waals surface area contributed by atoms with Crippen molar-refractivity contribution < 1.29 is 14.7 Å². The zero-order chi connectivity index (χ0) is 13.3. The fraction of sp³-hybridized carbons (Fsp3) is 0.571. The second-order valence-electron chi connectivity index (χ2n) is 5.20. The Balaban J connectivity index is 2.05. The smallest absolute Gasteiger partial charge is 0.258 e. The van der Waals surface area contributed by atoms with Gasteiger partial charge in [0.25, 0.3) is 5.91 Å². The molecule has 4 nitrogen and oxygen atoms in total. The van der Waals surface area contributed by atoms with Crippen molar-refractivity contribution in [2.24, 2.45) is 11.8 Å². The van der Waals surface area contributed by atoms with Crippen LogP contribution < -0.4 is 0 Å². The van der Waals surface area contributed by atoms with E-state index in [-0.39, 0.29) is 18.2 Å². The second kappa shape index (κ2) is 5.06. The highest BCUT2D eigenvalue weighted by Gasteiger charge is 2.38. The Labute approximate surface area is 107 Å². The van der Waals surface area contributed by atoms with E-state index in [0.29, 0.717) is 12.5 Å². The topological polar surface area (TPSA) is 57.6 Å². The first-order chi connectivity index (χ1) is 8.50. The fourth-order valence-electron chi connectivity index (χ4n) is 2.65. The molecular formula is C14H19NO3. The van der Waals surface area contributed by atoms with Gasteiger partial charge in [-0.05, 0) is 18.3 Å². The molecule has 0 bridgehead atoms. The molecule has 1 aliphatic carbocycles. The number of imide groups is 1. The van der Waals surface area contributed by atoms with E-state index in [9.17, 15) is 14.7 Å². The van der Waals surface area contributed by atoms with Crippen LogP contribution >= 0.6 is 0 Å². The molecule has 2 aliphatic rings. The van der Waals surface area contributed by atoms with Gasteiger partial charge in [0.15, 0.2) is 0 Å². The Kier molecular flexibility index (Phi) is 3.66. The van der Waals surface area contributed by atoms with E-state index < -0.39 is 12.0 Å². The SMILES string of the molecule is CC1CC=CC=C1C(C)CN1C(=O)C[C@@H](O)C1=O. The molecule has 0 aromatic carbocycles. The molecule has 2 amide bonds. The zero-order valence-corrected chi connectivity index (χ0v) is 10.8. The Morgan fingerprint density at radius 2 is 2.22 bits per heavy atom. The van der Waals surface area contributed by atoms with Crippen molar-refractivity contribution in [1.82, 2.24) is 4.90 Å². The summed E-state index contributed by atoms with van der Waals surface area (Å²) in [4.78, 5) is 24.4. The summed E-state index contributed by atoms with van der Waals surface area (Å²) in [7, 11) is 0. The molecule has 1 aliphatic heterocycles. The normalized spacial score (nSPS) is 29.7. The molecule has 2 unspecified atom stereocenters. The third-order valence-corrected chi connectivity index (χ3v) is 3.73. The number of aliphatic hydroxyl groups is 1. The second-order valence-corrected chi connectivity index (χ2v) is 5.20. The molecular weight excluding hydrogens is 230 g/mol. The standard InChI is InChI=1S/C14H19NO3/c1-9-5-3-4-6-11(9)10(2)8-15-13(17)7-12(16)14(15)18/h3-4,6,9-10,12,16H,5,7-8H2,1-2H3/t9?,10?,12-/m1/s1. The molecule has 0 aromatic heterocycles. The first-order valence-electron chi connectivity index (χ1n) is 6.39. The van der Waals surface area contributed by atoms with Crippen molar-refractivity contribution in [3.05, 3.63) is 23.8 Å². The zero-order valence-electron chi connectivity index (χ0n) is 10.8. The quantitative estimate of drug-likeness (QED) is 0.766. The lowest BCUT2D eigenvalue weighted by atomic mass is 9.85. The van der Waals surface area contributed by atoms with Crippen molar-refractivity contribution in [1.29, 1.82) is 0 Å². The van der Waals surface area contributed by atoms with Gasteiger partial charge in [0.1, 0.15) is 6.10 Å². The lowest BCUT2D eigenvalue weighted by Crippen LogP contribution is -2.36. The van der Waals surface area contributed by atoms with Gasteiger partial charge in [0, 0.05) is 6.54 Å². The van der Waals surface area contributed by atoms with E-state index in [0.717, 1.165) is 6.42 Å². The van der Waals surface area contributed by atoms with Crippen LogP contribution in [0.3, 0.4) is 0 Å². The van der Waals surface area contributed by atoms with E-state index >= 15 is 0 Å². The first-order valence-corrected chi connectivity index (χ1v) is 6.39. The van der Waals surface area contributed by atoms with Crippen LogP contribution in [-0.4, -0.2) is 34.5 Å². The predicted octanol–water partition coefficient (Wildman–Crippen LogP) is 1.26. The number of carbonyl (C=O) groups excluding carboxylic acids is 2. The van der Waals surface area contributed by atoms with Crippen LogP contribution in [0.2, 0.25) is 0 Å². The number of carbonyl (C=O) groups is 2. The molecule has 1 N–H and O–H groups in total. The van der Waals surface area contributed by atoms with Crippen LogP contribution in [0.25, 0.3) is 0 Å². The number of amides is 2. The van der Waals surface area contributed by atoms with Crippen molar-refractivity contribution in [2.75, 3.05) is 6.54 Å². The summed E-state index contributed by atoms with van der Waals surface area (Å²) in [6, 6.07) is 0. The van der Waals surface area contributed by atoms with Crippen LogP contribution in [-0.2, 0) is 9.59 Å². The van der Waals surface area contributed by atoms with Gasteiger partial charge in [0.2, 0.25) is 5.91 Å². The monoisotopic (exact) mass is 249 g/mol. The highest BCUT2D eigenvalue weighted by Crippen LogP contribution is 2.28. The van der Waals surface area contributed by atoms with Crippen LogP contribution in [0.5, 0.6) is 0 Å². The molecule has 0 saturated carbocycles. The minimum absolute atomic E-state index is 0.0694. The average molecular weight is 249 g/mol. The molecule has 0 radical (unpaired) electrons. The third kappa shape index (κ3) is 2.38. The summed E-state index contributed by atoms with van der Waals surface area (Å²) in [5.41, 5.74) is 1.26. The summed E-state index contributed by atoms with van der Waals surface area (Å²) in [6.07, 6.45) is 6.01. The van der Waals surface area contributed by atoms with E-state index in [4.69, 9.17) is 0 Å². The van der Waals surface area contributed by atoms with Gasteiger partial charge in [-0.15, -0.1) is 0 Å². The van der Waals surface area contributed by atoms with E-state index in [1.54, 1.807) is 0 Å². The largest absolute Gasteiger partial charge is 0.383 e. The van der Waals surface area contributed by atoms with Crippen LogP contribution in [0.15, 0.2) is 23.8 Å². The minimum atomic E-state index is -1.14. The van der Waals surface area contributed by atoms with E-state index in [2.05, 4.69) is 19.1 Å². The molecule has 1 fully saturated rings. The Hall–Kier alpha value is -1.42. The summed E-state index contributed by atoms with van der Waals surface area (Å²) in [6.45, 7) is 4.54. The van der Waals surface area contributed by atoms with Gasteiger partial charge in [0.05, 0.1) is 6.42 Å². The Morgan fingerprint density at radius 3 is 2.78 bits per heavy atom. The number of likely N-dealkylation sites (tertiary alicyclic amines) is 1. The van der Waals surface area contributed by atoms with Crippen molar-refractivity contribution >= 4 is 11.8 Å². The van der Waals surface area contributed by atoms with E-state index in [1.165, 1.54) is 10.5 Å². The Bertz CT molecular complexity index is 425. The van der Waals surface area contributed by atoms with Crippen molar-refractivity contribution in [3.8, 4) is 0 Å². The van der Waals surface area contributed by atoms with Crippen LogP contribution in [0.1, 0.15) is 26.7 Å². The molecule has 2 rings (SSSR count). The summed E-state index contributed by atoms with van der Waals surface area (Å²) in [5, 5.41) is 9.38. The number of nitrogens with zero attached hydrogens (tertiary/aromatic N) is 1. The minimum Gasteiger partial charge on any atom is -0.383 e. The van der Waals surface area contributed by atoms with Gasteiger partial charge in [-0.25, -0.2) is 0 Å². The molecule has 1 saturated heterocycles. The van der Waals surface area contributed by atoms with Crippen molar-refractivity contribution in [2.45, 2.75) is 32.8 Å². The number of rotatable bonds is 3. The summed E-state index contributed by atoms with van der Waals surface area (Å²) >= 11 is 0. The van der Waals surface area contributed by atoms with Crippen LogP contribution in [0, 0.1) is 11.8 Å². The lowest BCUT2D eigenvalue weighted by Gasteiger charge is -2.26. The maximum absolute atomic E-state index is 11.6. The lowest BCUT2D eigenvalue weighted by molar-refractivity contribution is -0.141. The fourth-order valence-corrected chi connectivity index (χ4v) is 2.65. The van der Waals surface area contributed by atoms with E-state index in [1.807, 2.05) is 13.0 Å². The van der Waals surface area contributed by atoms with Gasteiger partial charge in [-0.1, -0.05) is 37.6 Å². The average Bonchev–Trinajstić information content (AvgIpc) is 2.56. The third-order valence-electron chi connectivity index (χ3n) is 3.73. The number of allylic oxidation sites excluding steroid dienone is 3. The van der Waals surface area contributed by atoms with Gasteiger partial charge in [-0.3, -0.25) is 14.5 Å². The molecule has 4 heteroatoms.